The monoisotopic (exact) mass is 348 g/mol. The van der Waals surface area contributed by atoms with Crippen molar-refractivity contribution >= 4 is 16.7 Å². The van der Waals surface area contributed by atoms with Crippen LogP contribution in [0.25, 0.3) is 10.8 Å². The lowest BCUT2D eigenvalue weighted by atomic mass is 9.96. The van der Waals surface area contributed by atoms with Gasteiger partial charge in [-0.2, -0.15) is 5.10 Å². The Morgan fingerprint density at radius 1 is 1.12 bits per heavy atom. The van der Waals surface area contributed by atoms with Crippen LogP contribution in [0, 0.1) is 0 Å². The summed E-state index contributed by atoms with van der Waals surface area (Å²) in [5, 5.41) is 5.55. The van der Waals surface area contributed by atoms with Gasteiger partial charge in [0.05, 0.1) is 17.6 Å². The van der Waals surface area contributed by atoms with Crippen molar-refractivity contribution in [1.82, 2.24) is 19.7 Å². The van der Waals surface area contributed by atoms with Crippen LogP contribution in [0.4, 0.5) is 0 Å². The minimum absolute atomic E-state index is 0.0149. The summed E-state index contributed by atoms with van der Waals surface area (Å²) in [6.07, 6.45) is 8.16. The molecule has 0 unspecified atom stereocenters. The third-order valence-electron chi connectivity index (χ3n) is 4.94. The molecule has 0 radical (unpaired) electrons. The molecule has 1 aliphatic heterocycles. The summed E-state index contributed by atoms with van der Waals surface area (Å²) in [5.74, 6) is -0.0802. The van der Waals surface area contributed by atoms with E-state index in [9.17, 15) is 9.59 Å². The number of hydrogen-bond donors (Lipinski definition) is 0. The summed E-state index contributed by atoms with van der Waals surface area (Å²) in [5.41, 5.74) is 0.811. The second-order valence-corrected chi connectivity index (χ2v) is 6.58. The Balaban J connectivity index is 1.61. The van der Waals surface area contributed by atoms with Gasteiger partial charge < -0.3 is 4.90 Å². The van der Waals surface area contributed by atoms with E-state index in [1.165, 1.54) is 4.68 Å². The molecule has 26 heavy (non-hydrogen) atoms. The summed E-state index contributed by atoms with van der Waals surface area (Å²) in [7, 11) is 0. The van der Waals surface area contributed by atoms with Crippen LogP contribution in [-0.4, -0.2) is 32.1 Å². The number of amides is 1. The molecule has 0 N–H and O–H groups in total. The van der Waals surface area contributed by atoms with E-state index in [-0.39, 0.29) is 24.1 Å². The number of rotatable bonds is 3. The highest BCUT2D eigenvalue weighted by molar-refractivity contribution is 5.81. The first-order chi connectivity index (χ1) is 12.7. The minimum atomic E-state index is -0.230. The molecule has 132 valence electrons. The number of carbonyl (C=O) groups excluding carboxylic acids is 1. The molecular formula is C20H20N4O2. The number of likely N-dealkylation sites (tertiary alicyclic amines) is 1. The average Bonchev–Trinajstić information content (AvgIpc) is 2.71. The predicted octanol–water partition coefficient (Wildman–Crippen LogP) is 2.55. The molecule has 1 fully saturated rings. The highest BCUT2D eigenvalue weighted by Crippen LogP contribution is 2.30. The molecule has 6 nitrogen and oxygen atoms in total. The van der Waals surface area contributed by atoms with E-state index in [0.717, 1.165) is 30.2 Å². The molecule has 0 spiro atoms. The highest BCUT2D eigenvalue weighted by Gasteiger charge is 2.28. The molecule has 0 bridgehead atoms. The molecular weight excluding hydrogens is 328 g/mol. The van der Waals surface area contributed by atoms with E-state index in [2.05, 4.69) is 10.1 Å². The van der Waals surface area contributed by atoms with Crippen LogP contribution in [0.3, 0.4) is 0 Å². The predicted molar refractivity (Wildman–Crippen MR) is 98.5 cm³/mol. The summed E-state index contributed by atoms with van der Waals surface area (Å²) in [6, 6.07) is 11.2. The van der Waals surface area contributed by atoms with Crippen LogP contribution in [0.15, 0.2) is 59.8 Å². The molecule has 3 aromatic rings. The van der Waals surface area contributed by atoms with Gasteiger partial charge in [-0.25, -0.2) is 4.68 Å². The van der Waals surface area contributed by atoms with Gasteiger partial charge in [-0.15, -0.1) is 0 Å². The topological polar surface area (TPSA) is 68.1 Å². The molecule has 0 aliphatic carbocycles. The van der Waals surface area contributed by atoms with Gasteiger partial charge in [0.15, 0.2) is 0 Å². The molecule has 1 aromatic carbocycles. The third kappa shape index (κ3) is 3.10. The van der Waals surface area contributed by atoms with Crippen molar-refractivity contribution in [3.05, 3.63) is 70.9 Å². The second kappa shape index (κ2) is 7.07. The maximum Gasteiger partial charge on any atom is 0.275 e. The Labute approximate surface area is 151 Å². The van der Waals surface area contributed by atoms with Crippen LogP contribution in [0.5, 0.6) is 0 Å². The maximum atomic E-state index is 12.9. The molecule has 6 heteroatoms. The van der Waals surface area contributed by atoms with E-state index in [1.807, 2.05) is 41.4 Å². The van der Waals surface area contributed by atoms with Crippen LogP contribution < -0.4 is 5.56 Å². The molecule has 0 saturated carbocycles. The molecule has 1 amide bonds. The van der Waals surface area contributed by atoms with Crippen molar-refractivity contribution in [1.29, 1.82) is 0 Å². The molecule has 4 rings (SSSR count). The summed E-state index contributed by atoms with van der Waals surface area (Å²) >= 11 is 0. The van der Waals surface area contributed by atoms with Crippen LogP contribution >= 0.6 is 0 Å². The summed E-state index contributed by atoms with van der Waals surface area (Å²) < 4.78 is 1.26. The van der Waals surface area contributed by atoms with Crippen LogP contribution in [-0.2, 0) is 11.3 Å². The number of nitrogens with zero attached hydrogens (tertiary/aromatic N) is 4. The lowest BCUT2D eigenvalue weighted by molar-refractivity contribution is -0.136. The van der Waals surface area contributed by atoms with Gasteiger partial charge in [-0.05, 0) is 37.0 Å². The number of pyridine rings is 1. The van der Waals surface area contributed by atoms with Crippen molar-refractivity contribution < 1.29 is 4.79 Å². The third-order valence-corrected chi connectivity index (χ3v) is 4.94. The zero-order valence-corrected chi connectivity index (χ0v) is 14.4. The molecule has 1 atom stereocenters. The van der Waals surface area contributed by atoms with Gasteiger partial charge in [0.1, 0.15) is 6.54 Å². The number of fused-ring (bicyclic) bond motifs is 1. The number of aromatic nitrogens is 3. The van der Waals surface area contributed by atoms with Gasteiger partial charge in [0.2, 0.25) is 5.91 Å². The summed E-state index contributed by atoms with van der Waals surface area (Å²) in [6.45, 7) is 0.654. The lowest BCUT2D eigenvalue weighted by Crippen LogP contribution is -2.42. The van der Waals surface area contributed by atoms with Crippen molar-refractivity contribution in [2.45, 2.75) is 31.8 Å². The fraction of sp³-hybridized carbons (Fsp3) is 0.300. The van der Waals surface area contributed by atoms with E-state index in [0.29, 0.717) is 11.9 Å². The Kier molecular flexibility index (Phi) is 4.48. The SMILES string of the molecule is O=C(Cn1ncc2ccccc2c1=O)N1CCCC[C@@H]1c1cccnc1. The Hall–Kier alpha value is -3.02. The first-order valence-corrected chi connectivity index (χ1v) is 8.88. The number of piperidine rings is 1. The largest absolute Gasteiger partial charge is 0.334 e. The van der Waals surface area contributed by atoms with Gasteiger partial charge in [0.25, 0.3) is 5.56 Å². The van der Waals surface area contributed by atoms with E-state index in [4.69, 9.17) is 0 Å². The van der Waals surface area contributed by atoms with Gasteiger partial charge in [0, 0.05) is 24.3 Å². The Morgan fingerprint density at radius 2 is 2.00 bits per heavy atom. The van der Waals surface area contributed by atoms with Crippen LogP contribution in [0.2, 0.25) is 0 Å². The number of carbonyl (C=O) groups is 1. The highest BCUT2D eigenvalue weighted by atomic mass is 16.2. The first kappa shape index (κ1) is 16.4. The fourth-order valence-electron chi connectivity index (χ4n) is 3.61. The van der Waals surface area contributed by atoms with E-state index >= 15 is 0 Å². The zero-order chi connectivity index (χ0) is 17.9. The standard InChI is InChI=1S/C20H20N4O2/c25-19(14-24-20(26)17-8-2-1-6-15(17)13-22-24)23-11-4-3-9-18(23)16-7-5-10-21-12-16/h1-2,5-8,10,12-13,18H,3-4,9,11,14H2/t18-/m1/s1. The maximum absolute atomic E-state index is 12.9. The Bertz CT molecular complexity index is 984. The lowest BCUT2D eigenvalue weighted by Gasteiger charge is -2.36. The minimum Gasteiger partial charge on any atom is -0.334 e. The second-order valence-electron chi connectivity index (χ2n) is 6.58. The fourth-order valence-corrected chi connectivity index (χ4v) is 3.61. The van der Waals surface area contributed by atoms with Crippen molar-refractivity contribution in [2.24, 2.45) is 0 Å². The van der Waals surface area contributed by atoms with E-state index < -0.39 is 0 Å². The van der Waals surface area contributed by atoms with Gasteiger partial charge in [-0.3, -0.25) is 14.6 Å². The zero-order valence-electron chi connectivity index (χ0n) is 14.4. The molecule has 3 heterocycles. The average molecular weight is 348 g/mol. The van der Waals surface area contributed by atoms with Crippen molar-refractivity contribution in [3.63, 3.8) is 0 Å². The molecule has 2 aromatic heterocycles. The van der Waals surface area contributed by atoms with Crippen molar-refractivity contribution in [2.75, 3.05) is 6.54 Å². The van der Waals surface area contributed by atoms with E-state index in [1.54, 1.807) is 18.5 Å². The smallest absolute Gasteiger partial charge is 0.275 e. The molecule has 1 saturated heterocycles. The molecule has 1 aliphatic rings. The summed E-state index contributed by atoms with van der Waals surface area (Å²) in [4.78, 5) is 31.6. The first-order valence-electron chi connectivity index (χ1n) is 8.88. The van der Waals surface area contributed by atoms with Gasteiger partial charge >= 0.3 is 0 Å². The number of benzene rings is 1. The van der Waals surface area contributed by atoms with Crippen LogP contribution in [0.1, 0.15) is 30.9 Å². The Morgan fingerprint density at radius 3 is 2.85 bits per heavy atom. The number of hydrogen-bond acceptors (Lipinski definition) is 4. The quantitative estimate of drug-likeness (QED) is 0.729. The normalized spacial score (nSPS) is 17.4. The van der Waals surface area contributed by atoms with Crippen molar-refractivity contribution in [3.8, 4) is 0 Å². The van der Waals surface area contributed by atoms with Gasteiger partial charge in [-0.1, -0.05) is 24.3 Å².